The first kappa shape index (κ1) is 11.8. The Morgan fingerprint density at radius 3 is 2.67 bits per heavy atom. The van der Waals surface area contributed by atoms with Crippen LogP contribution in [0.2, 0.25) is 0 Å². The molecule has 6 heteroatoms. The summed E-state index contributed by atoms with van der Waals surface area (Å²) in [6.45, 7) is 0. The molecule has 0 saturated carbocycles. The molecule has 0 fully saturated rings. The summed E-state index contributed by atoms with van der Waals surface area (Å²) in [5, 5.41) is 8.42. The molecular weight excluding hydrogens is 229 g/mol. The molecule has 1 heterocycles. The second kappa shape index (κ2) is 4.99. The second-order valence-electron chi connectivity index (χ2n) is 2.71. The van der Waals surface area contributed by atoms with Crippen LogP contribution in [0.15, 0.2) is 6.20 Å². The van der Waals surface area contributed by atoms with Crippen LogP contribution in [0, 0.1) is 17.1 Å². The smallest absolute Gasteiger partial charge is 0.257 e. The highest BCUT2D eigenvalue weighted by atomic mass is 35.5. The van der Waals surface area contributed by atoms with Crippen LogP contribution in [0.1, 0.15) is 23.2 Å². The molecule has 0 spiro atoms. The van der Waals surface area contributed by atoms with Gasteiger partial charge in [0.25, 0.3) is 6.43 Å². The van der Waals surface area contributed by atoms with Gasteiger partial charge < -0.3 is 0 Å². The summed E-state index contributed by atoms with van der Waals surface area (Å²) in [5.41, 5.74) is -0.748. The Kier molecular flexibility index (Phi) is 3.92. The largest absolute Gasteiger partial charge is 0.267 e. The zero-order valence-corrected chi connectivity index (χ0v) is 8.23. The third-order valence-corrected chi connectivity index (χ3v) is 2.13. The Bertz CT molecular complexity index is 401. The molecule has 1 aromatic heterocycles. The fraction of sp³-hybridized carbons (Fsp3) is 0.333. The number of nitriles is 1. The molecule has 0 aliphatic heterocycles. The van der Waals surface area contributed by atoms with Gasteiger partial charge in [0.2, 0.25) is 0 Å². The minimum absolute atomic E-state index is 0.0896. The molecule has 0 unspecified atom stereocenters. The number of halogens is 4. The van der Waals surface area contributed by atoms with E-state index in [2.05, 4.69) is 4.98 Å². The van der Waals surface area contributed by atoms with Crippen LogP contribution in [0.5, 0.6) is 0 Å². The molecule has 1 rings (SSSR count). The van der Waals surface area contributed by atoms with Crippen molar-refractivity contribution >= 4 is 11.6 Å². The van der Waals surface area contributed by atoms with Crippen molar-refractivity contribution in [3.8, 4) is 6.07 Å². The van der Waals surface area contributed by atoms with E-state index < -0.39 is 17.8 Å². The van der Waals surface area contributed by atoms with Gasteiger partial charge in [-0.3, -0.25) is 4.98 Å². The minimum Gasteiger partial charge on any atom is -0.257 e. The first-order valence-corrected chi connectivity index (χ1v) is 4.52. The summed E-state index contributed by atoms with van der Waals surface area (Å²) < 4.78 is 38.0. The van der Waals surface area contributed by atoms with Gasteiger partial charge in [-0.2, -0.15) is 5.26 Å². The van der Waals surface area contributed by atoms with E-state index in [1.54, 1.807) is 6.07 Å². The van der Waals surface area contributed by atoms with Crippen molar-refractivity contribution in [2.75, 3.05) is 0 Å². The highest BCUT2D eigenvalue weighted by Gasteiger charge is 2.21. The highest BCUT2D eigenvalue weighted by molar-refractivity contribution is 6.17. The zero-order valence-electron chi connectivity index (χ0n) is 7.48. The van der Waals surface area contributed by atoms with E-state index in [1.165, 1.54) is 0 Å². The highest BCUT2D eigenvalue weighted by Crippen LogP contribution is 2.28. The van der Waals surface area contributed by atoms with Crippen molar-refractivity contribution in [1.82, 2.24) is 4.98 Å². The van der Waals surface area contributed by atoms with Gasteiger partial charge in [0.05, 0.1) is 29.9 Å². The molecule has 1 aromatic rings. The summed E-state index contributed by atoms with van der Waals surface area (Å²) in [7, 11) is 0. The average Bonchev–Trinajstić information content (AvgIpc) is 2.19. The van der Waals surface area contributed by atoms with Crippen LogP contribution < -0.4 is 0 Å². The van der Waals surface area contributed by atoms with Crippen molar-refractivity contribution in [1.29, 1.82) is 5.26 Å². The third-order valence-electron chi connectivity index (χ3n) is 1.86. The van der Waals surface area contributed by atoms with Crippen molar-refractivity contribution in [3.63, 3.8) is 0 Å². The lowest BCUT2D eigenvalue weighted by atomic mass is 10.1. The first-order chi connectivity index (χ1) is 7.11. The van der Waals surface area contributed by atoms with Crippen LogP contribution >= 0.6 is 11.6 Å². The minimum atomic E-state index is -2.96. The number of pyridine rings is 1. The van der Waals surface area contributed by atoms with Gasteiger partial charge in [-0.25, -0.2) is 13.2 Å². The van der Waals surface area contributed by atoms with Gasteiger partial charge in [-0.05, 0) is 0 Å². The molecule has 0 aliphatic carbocycles. The van der Waals surface area contributed by atoms with E-state index in [9.17, 15) is 13.2 Å². The zero-order chi connectivity index (χ0) is 11.4. The molecule has 0 aromatic carbocycles. The van der Waals surface area contributed by atoms with E-state index in [0.717, 1.165) is 0 Å². The molecule has 0 radical (unpaired) electrons. The van der Waals surface area contributed by atoms with E-state index in [4.69, 9.17) is 16.9 Å². The van der Waals surface area contributed by atoms with Gasteiger partial charge in [0, 0.05) is 11.4 Å². The maximum atomic E-state index is 13.0. The number of alkyl halides is 3. The normalized spacial score (nSPS) is 10.4. The van der Waals surface area contributed by atoms with Crippen molar-refractivity contribution in [3.05, 3.63) is 28.8 Å². The van der Waals surface area contributed by atoms with Crippen molar-refractivity contribution < 1.29 is 13.2 Å². The lowest BCUT2D eigenvalue weighted by Gasteiger charge is -2.10. The summed E-state index contributed by atoms with van der Waals surface area (Å²) >= 11 is 5.44. The molecule has 0 bridgehead atoms. The Balaban J connectivity index is 3.34. The number of hydrogen-bond acceptors (Lipinski definition) is 2. The predicted octanol–water partition coefficient (Wildman–Crippen LogP) is 2.96. The predicted molar refractivity (Wildman–Crippen MR) is 48.0 cm³/mol. The molecule has 0 atom stereocenters. The van der Waals surface area contributed by atoms with Crippen LogP contribution in [-0.2, 0) is 12.3 Å². The van der Waals surface area contributed by atoms with Gasteiger partial charge in [-0.1, -0.05) is 0 Å². The standard InChI is InChI=1S/C9H6ClF3N2/c10-3-5-7(1-2-14)15-4-6(11)8(5)9(12)13/h4,9H,1,3H2. The molecule has 15 heavy (non-hydrogen) atoms. The fourth-order valence-corrected chi connectivity index (χ4v) is 1.49. The molecule has 80 valence electrons. The quantitative estimate of drug-likeness (QED) is 0.754. The Morgan fingerprint density at radius 1 is 1.53 bits per heavy atom. The van der Waals surface area contributed by atoms with Crippen molar-refractivity contribution in [2.24, 2.45) is 0 Å². The van der Waals surface area contributed by atoms with Crippen molar-refractivity contribution in [2.45, 2.75) is 18.7 Å². The van der Waals surface area contributed by atoms with Gasteiger partial charge in [0.15, 0.2) is 5.82 Å². The molecule has 2 nitrogen and oxygen atoms in total. The molecule has 0 amide bonds. The van der Waals surface area contributed by atoms with E-state index in [0.29, 0.717) is 6.20 Å². The second-order valence-corrected chi connectivity index (χ2v) is 2.98. The van der Waals surface area contributed by atoms with E-state index >= 15 is 0 Å². The topological polar surface area (TPSA) is 36.7 Å². The van der Waals surface area contributed by atoms with Gasteiger partial charge in [0.1, 0.15) is 0 Å². The van der Waals surface area contributed by atoms with Crippen LogP contribution in [-0.4, -0.2) is 4.98 Å². The average molecular weight is 235 g/mol. The lowest BCUT2D eigenvalue weighted by Crippen LogP contribution is -2.04. The maximum absolute atomic E-state index is 13.0. The Morgan fingerprint density at radius 2 is 2.20 bits per heavy atom. The van der Waals surface area contributed by atoms with Crippen LogP contribution in [0.3, 0.4) is 0 Å². The SMILES string of the molecule is N#CCc1ncc(F)c(C(F)F)c1CCl. The first-order valence-electron chi connectivity index (χ1n) is 3.99. The number of nitrogens with zero attached hydrogens (tertiary/aromatic N) is 2. The van der Waals surface area contributed by atoms with E-state index in [1.807, 2.05) is 0 Å². The lowest BCUT2D eigenvalue weighted by molar-refractivity contribution is 0.145. The molecule has 0 aliphatic rings. The monoisotopic (exact) mass is 234 g/mol. The number of hydrogen-bond donors (Lipinski definition) is 0. The molecule has 0 N–H and O–H groups in total. The summed E-state index contributed by atoms with van der Waals surface area (Å²) in [4.78, 5) is 3.57. The Hall–Kier alpha value is -1.28. The van der Waals surface area contributed by atoms with Gasteiger partial charge in [-0.15, -0.1) is 11.6 Å². The number of aromatic nitrogens is 1. The summed E-state index contributed by atoms with van der Waals surface area (Å²) in [5.74, 6) is -1.39. The Labute approximate surface area is 89.3 Å². The summed E-state index contributed by atoms with van der Waals surface area (Å²) in [6, 6.07) is 1.76. The van der Waals surface area contributed by atoms with Crippen LogP contribution in [0.25, 0.3) is 0 Å². The summed E-state index contributed by atoms with van der Waals surface area (Å²) in [6.07, 6.45) is -2.44. The maximum Gasteiger partial charge on any atom is 0.267 e. The number of rotatable bonds is 3. The van der Waals surface area contributed by atoms with Gasteiger partial charge >= 0.3 is 0 Å². The third kappa shape index (κ3) is 2.39. The fourth-order valence-electron chi connectivity index (χ4n) is 1.19. The molecule has 0 saturated heterocycles. The van der Waals surface area contributed by atoms with Crippen LogP contribution in [0.4, 0.5) is 13.2 Å². The van der Waals surface area contributed by atoms with E-state index in [-0.39, 0.29) is 23.6 Å². The molecular formula is C9H6ClF3N2.